The van der Waals surface area contributed by atoms with E-state index < -0.39 is 0 Å². The van der Waals surface area contributed by atoms with Crippen LogP contribution in [0, 0.1) is 0 Å². The Morgan fingerprint density at radius 2 is 1.95 bits per heavy atom. The normalized spacial score (nSPS) is 15.4. The van der Waals surface area contributed by atoms with E-state index in [4.69, 9.17) is 0 Å². The lowest BCUT2D eigenvalue weighted by Crippen LogP contribution is -2.59. The van der Waals surface area contributed by atoms with Crippen molar-refractivity contribution < 1.29 is 4.79 Å². The molecule has 1 aliphatic rings. The highest BCUT2D eigenvalue weighted by Crippen LogP contribution is 2.17. The Kier molecular flexibility index (Phi) is 5.15. The Labute approximate surface area is 121 Å². The monoisotopic (exact) mass is 275 g/mol. The lowest BCUT2D eigenvalue weighted by molar-refractivity contribution is -0.120. The van der Waals surface area contributed by atoms with Crippen LogP contribution in [0.5, 0.6) is 0 Å². The van der Waals surface area contributed by atoms with Gasteiger partial charge in [0, 0.05) is 30.9 Å². The van der Waals surface area contributed by atoms with Gasteiger partial charge in [-0.25, -0.2) is 0 Å². The fourth-order valence-electron chi connectivity index (χ4n) is 2.60. The number of para-hydroxylation sites is 1. The van der Waals surface area contributed by atoms with Crippen LogP contribution in [0.3, 0.4) is 0 Å². The molecule has 0 bridgehead atoms. The molecular weight excluding hydrogens is 250 g/mol. The number of hydrogen-bond acceptors (Lipinski definition) is 3. The van der Waals surface area contributed by atoms with Gasteiger partial charge in [0.2, 0.25) is 5.91 Å². The van der Waals surface area contributed by atoms with E-state index in [-0.39, 0.29) is 11.9 Å². The number of nitrogens with zero attached hydrogens (tertiary/aromatic N) is 2. The topological polar surface area (TPSA) is 35.6 Å². The van der Waals surface area contributed by atoms with Crippen molar-refractivity contribution in [1.82, 2.24) is 10.2 Å². The Bertz CT molecular complexity index is 429. The second-order valence-electron chi connectivity index (χ2n) is 5.57. The van der Waals surface area contributed by atoms with Crippen molar-refractivity contribution in [3.8, 4) is 0 Å². The molecule has 2 rings (SSSR count). The number of amides is 1. The summed E-state index contributed by atoms with van der Waals surface area (Å²) in [6.07, 6.45) is 0. The molecule has 1 fully saturated rings. The van der Waals surface area contributed by atoms with Crippen LogP contribution >= 0.6 is 0 Å². The maximum absolute atomic E-state index is 12.7. The molecule has 1 heterocycles. The van der Waals surface area contributed by atoms with E-state index in [0.717, 1.165) is 25.3 Å². The first kappa shape index (κ1) is 15.0. The third-order valence-corrected chi connectivity index (χ3v) is 3.84. The van der Waals surface area contributed by atoms with Crippen LogP contribution in [0.15, 0.2) is 30.3 Å². The van der Waals surface area contributed by atoms with Gasteiger partial charge in [-0.15, -0.1) is 0 Å². The third kappa shape index (κ3) is 3.38. The van der Waals surface area contributed by atoms with E-state index in [9.17, 15) is 4.79 Å². The number of hydrogen-bond donors (Lipinski definition) is 1. The first-order valence-corrected chi connectivity index (χ1v) is 7.45. The van der Waals surface area contributed by atoms with Gasteiger partial charge in [0.25, 0.3) is 0 Å². The van der Waals surface area contributed by atoms with Crippen LogP contribution < -0.4 is 10.2 Å². The summed E-state index contributed by atoms with van der Waals surface area (Å²) in [7, 11) is 0. The minimum atomic E-state index is 0.170. The van der Waals surface area contributed by atoms with Crippen molar-refractivity contribution in [1.29, 1.82) is 0 Å². The maximum atomic E-state index is 12.7. The van der Waals surface area contributed by atoms with Crippen molar-refractivity contribution in [3.63, 3.8) is 0 Å². The van der Waals surface area contributed by atoms with Gasteiger partial charge < -0.3 is 10.2 Å². The van der Waals surface area contributed by atoms with Crippen LogP contribution in [-0.2, 0) is 4.79 Å². The molecule has 1 N–H and O–H groups in total. The van der Waals surface area contributed by atoms with Gasteiger partial charge >= 0.3 is 0 Å². The number of carbonyl (C=O) groups is 1. The summed E-state index contributed by atoms with van der Waals surface area (Å²) in [5.74, 6) is 0.181. The lowest BCUT2D eigenvalue weighted by Gasteiger charge is -2.38. The summed E-state index contributed by atoms with van der Waals surface area (Å²) < 4.78 is 0. The largest absolute Gasteiger partial charge is 0.314 e. The van der Waals surface area contributed by atoms with Crippen LogP contribution in [-0.4, -0.2) is 49.1 Å². The van der Waals surface area contributed by atoms with Gasteiger partial charge in [0.05, 0.1) is 6.54 Å². The summed E-state index contributed by atoms with van der Waals surface area (Å²) in [6.45, 7) is 9.64. The summed E-state index contributed by atoms with van der Waals surface area (Å²) in [5.41, 5.74) is 0.982. The van der Waals surface area contributed by atoms with E-state index in [1.807, 2.05) is 35.2 Å². The quantitative estimate of drug-likeness (QED) is 0.858. The second-order valence-corrected chi connectivity index (χ2v) is 5.57. The molecule has 1 aromatic rings. The van der Waals surface area contributed by atoms with Gasteiger partial charge in [-0.2, -0.15) is 0 Å². The Morgan fingerprint density at radius 1 is 1.30 bits per heavy atom. The zero-order chi connectivity index (χ0) is 14.5. The molecule has 4 heteroatoms. The minimum absolute atomic E-state index is 0.170. The highest BCUT2D eigenvalue weighted by Gasteiger charge is 2.27. The first-order valence-electron chi connectivity index (χ1n) is 7.45. The van der Waals surface area contributed by atoms with Crippen molar-refractivity contribution in [2.75, 3.05) is 31.1 Å². The van der Waals surface area contributed by atoms with E-state index in [2.05, 4.69) is 31.0 Å². The van der Waals surface area contributed by atoms with Gasteiger partial charge in [-0.05, 0) is 32.5 Å². The van der Waals surface area contributed by atoms with Crippen molar-refractivity contribution >= 4 is 11.6 Å². The SMILES string of the molecule is CCN(CC(=O)N(c1ccccc1)C(C)C)C1CNC1. The Morgan fingerprint density at radius 3 is 2.40 bits per heavy atom. The molecule has 0 radical (unpaired) electrons. The molecule has 1 aliphatic heterocycles. The zero-order valence-electron chi connectivity index (χ0n) is 12.7. The number of nitrogens with one attached hydrogen (secondary N) is 1. The standard InChI is InChI=1S/C16H25N3O/c1-4-18(15-10-17-11-15)12-16(20)19(13(2)3)14-8-6-5-7-9-14/h5-9,13,15,17H,4,10-12H2,1-3H3. The van der Waals surface area contributed by atoms with E-state index in [1.165, 1.54) is 0 Å². The minimum Gasteiger partial charge on any atom is -0.314 e. The van der Waals surface area contributed by atoms with Crippen LogP contribution in [0.4, 0.5) is 5.69 Å². The molecular formula is C16H25N3O. The number of likely N-dealkylation sites (N-methyl/N-ethyl adjacent to an activating group) is 1. The maximum Gasteiger partial charge on any atom is 0.241 e. The highest BCUT2D eigenvalue weighted by atomic mass is 16.2. The van der Waals surface area contributed by atoms with Crippen molar-refractivity contribution in [2.45, 2.75) is 32.9 Å². The first-order chi connectivity index (χ1) is 9.63. The molecule has 0 spiro atoms. The van der Waals surface area contributed by atoms with E-state index >= 15 is 0 Å². The van der Waals surface area contributed by atoms with Gasteiger partial charge in [0.1, 0.15) is 0 Å². The molecule has 0 aliphatic carbocycles. The number of carbonyl (C=O) groups excluding carboxylic acids is 1. The van der Waals surface area contributed by atoms with Gasteiger partial charge in [-0.1, -0.05) is 25.1 Å². The smallest absolute Gasteiger partial charge is 0.241 e. The van der Waals surface area contributed by atoms with Crippen LogP contribution in [0.25, 0.3) is 0 Å². The summed E-state index contributed by atoms with van der Waals surface area (Å²) >= 11 is 0. The number of rotatable bonds is 6. The summed E-state index contributed by atoms with van der Waals surface area (Å²) in [4.78, 5) is 16.8. The Balaban J connectivity index is 2.07. The molecule has 1 amide bonds. The Hall–Kier alpha value is -1.39. The third-order valence-electron chi connectivity index (χ3n) is 3.84. The van der Waals surface area contributed by atoms with E-state index in [0.29, 0.717) is 12.6 Å². The number of benzene rings is 1. The molecule has 1 aromatic carbocycles. The predicted molar refractivity (Wildman–Crippen MR) is 83.0 cm³/mol. The summed E-state index contributed by atoms with van der Waals surface area (Å²) in [6, 6.07) is 10.6. The molecule has 20 heavy (non-hydrogen) atoms. The molecule has 0 aromatic heterocycles. The van der Waals surface area contributed by atoms with Gasteiger partial charge in [0.15, 0.2) is 0 Å². The van der Waals surface area contributed by atoms with Gasteiger partial charge in [-0.3, -0.25) is 9.69 Å². The molecule has 0 atom stereocenters. The number of anilines is 1. The van der Waals surface area contributed by atoms with Crippen LogP contribution in [0.1, 0.15) is 20.8 Å². The van der Waals surface area contributed by atoms with Crippen molar-refractivity contribution in [2.24, 2.45) is 0 Å². The lowest BCUT2D eigenvalue weighted by atomic mass is 10.1. The van der Waals surface area contributed by atoms with E-state index in [1.54, 1.807) is 0 Å². The molecule has 110 valence electrons. The molecule has 0 saturated carbocycles. The van der Waals surface area contributed by atoms with Crippen molar-refractivity contribution in [3.05, 3.63) is 30.3 Å². The fraction of sp³-hybridized carbons (Fsp3) is 0.562. The summed E-state index contributed by atoms with van der Waals surface area (Å²) in [5, 5.41) is 3.27. The average Bonchev–Trinajstić information content (AvgIpc) is 2.36. The molecule has 0 unspecified atom stereocenters. The molecule has 1 saturated heterocycles. The second kappa shape index (κ2) is 6.86. The fourth-order valence-corrected chi connectivity index (χ4v) is 2.60. The zero-order valence-corrected chi connectivity index (χ0v) is 12.7. The molecule has 4 nitrogen and oxygen atoms in total. The van der Waals surface area contributed by atoms with Crippen LogP contribution in [0.2, 0.25) is 0 Å². The highest BCUT2D eigenvalue weighted by molar-refractivity contribution is 5.95. The average molecular weight is 275 g/mol. The predicted octanol–water partition coefficient (Wildman–Crippen LogP) is 1.72.